The van der Waals surface area contributed by atoms with Crippen molar-refractivity contribution in [2.45, 2.75) is 44.6 Å². The lowest BCUT2D eigenvalue weighted by Crippen LogP contribution is -2.19. The quantitative estimate of drug-likeness (QED) is 0.428. The highest BCUT2D eigenvalue weighted by molar-refractivity contribution is 6.06. The molecule has 182 valence electrons. The highest BCUT2D eigenvalue weighted by atomic mass is 19.1. The standard InChI is InChI=1S/C27H25FN6O2/c1-15-9-20(28)19(10-23(15)33-11-22(30-14-33)16-5-6-16)27(35)32-21-4-2-3-18-25(21)36-12-24(17-7-8-17)34-26(18)29-13-31-34/h2-4,9-11,13-14,16-17,24H,5-8,12H2,1H3,(H,32,35)/t24-/m0/s1. The van der Waals surface area contributed by atoms with E-state index < -0.39 is 11.7 Å². The van der Waals surface area contributed by atoms with Crippen molar-refractivity contribution in [3.63, 3.8) is 0 Å². The van der Waals surface area contributed by atoms with Gasteiger partial charge in [-0.2, -0.15) is 5.10 Å². The lowest BCUT2D eigenvalue weighted by molar-refractivity contribution is 0.102. The summed E-state index contributed by atoms with van der Waals surface area (Å²) in [7, 11) is 0. The molecule has 0 unspecified atom stereocenters. The third-order valence-corrected chi connectivity index (χ3v) is 7.36. The molecule has 0 bridgehead atoms. The maximum absolute atomic E-state index is 15.0. The van der Waals surface area contributed by atoms with Crippen LogP contribution in [0.25, 0.3) is 17.1 Å². The maximum Gasteiger partial charge on any atom is 0.258 e. The summed E-state index contributed by atoms with van der Waals surface area (Å²) >= 11 is 0. The number of aryl methyl sites for hydroxylation is 1. The molecule has 2 aromatic heterocycles. The lowest BCUT2D eigenvalue weighted by Gasteiger charge is -2.16. The number of para-hydroxylation sites is 1. The molecule has 1 atom stereocenters. The van der Waals surface area contributed by atoms with Gasteiger partial charge in [-0.05, 0) is 68.4 Å². The molecule has 8 nitrogen and oxygen atoms in total. The van der Waals surface area contributed by atoms with Crippen molar-refractivity contribution >= 4 is 11.6 Å². The number of benzene rings is 2. The Morgan fingerprint density at radius 3 is 2.83 bits per heavy atom. The summed E-state index contributed by atoms with van der Waals surface area (Å²) in [6.07, 6.45) is 9.83. The van der Waals surface area contributed by atoms with Gasteiger partial charge in [0.1, 0.15) is 18.8 Å². The smallest absolute Gasteiger partial charge is 0.258 e. The second-order valence-electron chi connectivity index (χ2n) is 9.98. The van der Waals surface area contributed by atoms with E-state index in [0.29, 0.717) is 35.7 Å². The fraction of sp³-hybridized carbons (Fsp3) is 0.333. The summed E-state index contributed by atoms with van der Waals surface area (Å²) in [5.41, 5.74) is 3.68. The molecule has 0 radical (unpaired) electrons. The van der Waals surface area contributed by atoms with Gasteiger partial charge in [-0.3, -0.25) is 4.79 Å². The predicted octanol–water partition coefficient (Wildman–Crippen LogP) is 5.05. The molecule has 2 saturated carbocycles. The molecular formula is C27H25FN6O2. The van der Waals surface area contributed by atoms with Crippen LogP contribution in [0.3, 0.4) is 0 Å². The molecule has 2 fully saturated rings. The maximum atomic E-state index is 15.0. The fourth-order valence-corrected chi connectivity index (χ4v) is 5.07. The largest absolute Gasteiger partial charge is 0.488 e. The van der Waals surface area contributed by atoms with Gasteiger partial charge in [0.15, 0.2) is 11.6 Å². The molecule has 2 aliphatic carbocycles. The zero-order chi connectivity index (χ0) is 24.4. The number of hydrogen-bond donors (Lipinski definition) is 1. The average molecular weight is 485 g/mol. The highest BCUT2D eigenvalue weighted by Crippen LogP contribution is 2.46. The normalized spacial score (nSPS) is 18.7. The van der Waals surface area contributed by atoms with Crippen molar-refractivity contribution in [1.82, 2.24) is 24.3 Å². The number of halogens is 1. The van der Waals surface area contributed by atoms with Gasteiger partial charge in [0.05, 0.1) is 40.6 Å². The van der Waals surface area contributed by atoms with Gasteiger partial charge in [0.25, 0.3) is 5.91 Å². The fourth-order valence-electron chi connectivity index (χ4n) is 5.07. The molecule has 7 rings (SSSR count). The molecule has 9 heteroatoms. The Morgan fingerprint density at radius 2 is 2.03 bits per heavy atom. The van der Waals surface area contributed by atoms with Crippen LogP contribution in [-0.2, 0) is 0 Å². The first-order chi connectivity index (χ1) is 17.6. The number of aromatic nitrogens is 5. The molecular weight excluding hydrogens is 459 g/mol. The van der Waals surface area contributed by atoms with Crippen molar-refractivity contribution in [2.75, 3.05) is 11.9 Å². The third kappa shape index (κ3) is 3.57. The van der Waals surface area contributed by atoms with Crippen LogP contribution in [0, 0.1) is 18.7 Å². The minimum absolute atomic E-state index is 0.0393. The van der Waals surface area contributed by atoms with Gasteiger partial charge >= 0.3 is 0 Å². The van der Waals surface area contributed by atoms with E-state index in [1.165, 1.54) is 6.07 Å². The number of imidazole rings is 1. The number of fused-ring (bicyclic) bond motifs is 3. The number of carbonyl (C=O) groups is 1. The van der Waals surface area contributed by atoms with Crippen LogP contribution in [-0.4, -0.2) is 36.8 Å². The Labute approximate surface area is 207 Å². The molecule has 4 aromatic rings. The second kappa shape index (κ2) is 8.01. The van der Waals surface area contributed by atoms with E-state index in [1.54, 1.807) is 24.8 Å². The van der Waals surface area contributed by atoms with E-state index in [2.05, 4.69) is 20.4 Å². The van der Waals surface area contributed by atoms with E-state index >= 15 is 4.39 Å². The van der Waals surface area contributed by atoms with Crippen LogP contribution in [0.15, 0.2) is 49.2 Å². The zero-order valence-corrected chi connectivity index (χ0v) is 19.8. The number of hydrogen-bond acceptors (Lipinski definition) is 5. The third-order valence-electron chi connectivity index (χ3n) is 7.36. The Kier molecular flexibility index (Phi) is 4.74. The zero-order valence-electron chi connectivity index (χ0n) is 19.8. The molecule has 0 saturated heterocycles. The molecule has 1 amide bonds. The minimum Gasteiger partial charge on any atom is -0.488 e. The Balaban J connectivity index is 1.22. The molecule has 1 aliphatic heterocycles. The van der Waals surface area contributed by atoms with Gasteiger partial charge in [-0.15, -0.1) is 0 Å². The van der Waals surface area contributed by atoms with Crippen LogP contribution in [0.5, 0.6) is 5.75 Å². The van der Waals surface area contributed by atoms with Crippen LogP contribution in [0.2, 0.25) is 0 Å². The number of amides is 1. The molecule has 0 spiro atoms. The second-order valence-corrected chi connectivity index (χ2v) is 9.98. The topological polar surface area (TPSA) is 86.9 Å². The molecule has 3 aliphatic rings. The lowest BCUT2D eigenvalue weighted by atomic mass is 10.1. The summed E-state index contributed by atoms with van der Waals surface area (Å²) in [4.78, 5) is 22.3. The van der Waals surface area contributed by atoms with Crippen molar-refractivity contribution in [1.29, 1.82) is 0 Å². The summed E-state index contributed by atoms with van der Waals surface area (Å²) < 4.78 is 25.0. The van der Waals surface area contributed by atoms with Crippen LogP contribution < -0.4 is 10.1 Å². The molecule has 3 heterocycles. The number of rotatable bonds is 5. The van der Waals surface area contributed by atoms with Gasteiger partial charge < -0.3 is 14.6 Å². The van der Waals surface area contributed by atoms with Gasteiger partial charge in [-0.1, -0.05) is 6.07 Å². The Bertz CT molecular complexity index is 1500. The van der Waals surface area contributed by atoms with E-state index in [4.69, 9.17) is 4.74 Å². The first kappa shape index (κ1) is 21.3. The Morgan fingerprint density at radius 1 is 1.17 bits per heavy atom. The number of carbonyl (C=O) groups excluding carboxylic acids is 1. The SMILES string of the molecule is Cc1cc(F)c(C(=O)Nc2cccc3c2OC[C@@H](C2CC2)n2ncnc2-3)cc1-n1cnc(C2CC2)c1. The van der Waals surface area contributed by atoms with Gasteiger partial charge in [-0.25, -0.2) is 19.0 Å². The predicted molar refractivity (Wildman–Crippen MR) is 131 cm³/mol. The number of nitrogens with zero attached hydrogens (tertiary/aromatic N) is 5. The molecule has 2 aromatic carbocycles. The monoisotopic (exact) mass is 484 g/mol. The summed E-state index contributed by atoms with van der Waals surface area (Å²) in [5.74, 6) is 1.14. The van der Waals surface area contributed by atoms with Crippen LogP contribution in [0.4, 0.5) is 10.1 Å². The first-order valence-corrected chi connectivity index (χ1v) is 12.4. The van der Waals surface area contributed by atoms with E-state index in [9.17, 15) is 4.79 Å². The van der Waals surface area contributed by atoms with E-state index in [-0.39, 0.29) is 11.6 Å². The van der Waals surface area contributed by atoms with Crippen molar-refractivity contribution < 1.29 is 13.9 Å². The van der Waals surface area contributed by atoms with Gasteiger partial charge in [0.2, 0.25) is 0 Å². The average Bonchev–Trinajstić information content (AvgIpc) is 3.79. The summed E-state index contributed by atoms with van der Waals surface area (Å²) in [6, 6.07) is 8.58. The van der Waals surface area contributed by atoms with Gasteiger partial charge in [0, 0.05) is 12.1 Å². The Hall–Kier alpha value is -4.01. The van der Waals surface area contributed by atoms with E-state index in [1.807, 2.05) is 34.5 Å². The number of anilines is 1. The number of nitrogens with one attached hydrogen (secondary N) is 1. The molecule has 1 N–H and O–H groups in total. The van der Waals surface area contributed by atoms with Crippen molar-refractivity contribution in [3.05, 3.63) is 71.8 Å². The van der Waals surface area contributed by atoms with Crippen LogP contribution in [0.1, 0.15) is 59.3 Å². The van der Waals surface area contributed by atoms with Crippen molar-refractivity contribution in [3.8, 4) is 22.8 Å². The molecule has 36 heavy (non-hydrogen) atoms. The first-order valence-electron chi connectivity index (χ1n) is 12.4. The number of ether oxygens (including phenoxy) is 1. The summed E-state index contributed by atoms with van der Waals surface area (Å²) in [5, 5.41) is 7.34. The van der Waals surface area contributed by atoms with Crippen molar-refractivity contribution in [2.24, 2.45) is 5.92 Å². The van der Waals surface area contributed by atoms with E-state index in [0.717, 1.165) is 48.2 Å². The minimum atomic E-state index is -0.576. The van der Waals surface area contributed by atoms with Crippen LogP contribution >= 0.6 is 0 Å². The summed E-state index contributed by atoms with van der Waals surface area (Å²) in [6.45, 7) is 2.27. The highest BCUT2D eigenvalue weighted by Gasteiger charge is 2.37.